The van der Waals surface area contributed by atoms with Gasteiger partial charge >= 0.3 is 0 Å². The number of hydrogen-bond acceptors (Lipinski definition) is 6. The van der Waals surface area contributed by atoms with Crippen molar-refractivity contribution in [1.29, 1.82) is 5.26 Å². The molecule has 0 atom stereocenters. The molecule has 7 nitrogen and oxygen atoms in total. The molecule has 0 aliphatic carbocycles. The number of fused-ring (bicyclic) bond motifs is 1. The number of carbonyl (C=O) groups excluding carboxylic acids is 1. The number of carbonyl (C=O) groups is 1. The zero-order valence-electron chi connectivity index (χ0n) is 14.5. The third kappa shape index (κ3) is 3.28. The fourth-order valence-electron chi connectivity index (χ4n) is 2.85. The molecule has 0 N–H and O–H groups in total. The number of nitrogens with zero attached hydrogens (tertiary/aromatic N) is 6. The van der Waals surface area contributed by atoms with Crippen LogP contribution in [0.15, 0.2) is 55.2 Å². The number of nitriles is 1. The van der Waals surface area contributed by atoms with Crippen LogP contribution in [0, 0.1) is 11.3 Å². The molecule has 0 radical (unpaired) electrons. The largest absolute Gasteiger partial charge is 0.334 e. The molecule has 0 aliphatic rings. The summed E-state index contributed by atoms with van der Waals surface area (Å²) in [5.74, 6) is 0.279. The third-order valence-corrected chi connectivity index (χ3v) is 4.26. The van der Waals surface area contributed by atoms with Gasteiger partial charge in [0, 0.05) is 36.0 Å². The van der Waals surface area contributed by atoms with Crippen LogP contribution in [-0.2, 0) is 13.5 Å². The number of aryl methyl sites for hydroxylation is 1. The van der Waals surface area contributed by atoms with E-state index in [0.717, 1.165) is 22.2 Å². The summed E-state index contributed by atoms with van der Waals surface area (Å²) in [7, 11) is 1.93. The zero-order chi connectivity index (χ0) is 18.8. The lowest BCUT2D eigenvalue weighted by Gasteiger charge is -2.06. The lowest BCUT2D eigenvalue weighted by Crippen LogP contribution is -2.07. The Morgan fingerprint density at radius 3 is 2.85 bits per heavy atom. The summed E-state index contributed by atoms with van der Waals surface area (Å²) < 4.78 is 1.93. The number of ketones is 1. The van der Waals surface area contributed by atoms with Crippen molar-refractivity contribution in [1.82, 2.24) is 24.5 Å². The van der Waals surface area contributed by atoms with E-state index in [0.29, 0.717) is 11.4 Å². The Labute approximate surface area is 155 Å². The molecule has 1 aromatic carbocycles. The van der Waals surface area contributed by atoms with Crippen LogP contribution in [0.2, 0.25) is 0 Å². The molecule has 0 fully saturated rings. The summed E-state index contributed by atoms with van der Waals surface area (Å²) in [6, 6.07) is 10.9. The molecule has 7 heteroatoms. The van der Waals surface area contributed by atoms with Gasteiger partial charge in [-0.1, -0.05) is 12.1 Å². The van der Waals surface area contributed by atoms with E-state index in [-0.39, 0.29) is 17.9 Å². The molecule has 0 bridgehead atoms. The van der Waals surface area contributed by atoms with Crippen LogP contribution < -0.4 is 0 Å². The summed E-state index contributed by atoms with van der Waals surface area (Å²) >= 11 is 0. The molecule has 0 spiro atoms. The van der Waals surface area contributed by atoms with Crippen LogP contribution >= 0.6 is 0 Å². The summed E-state index contributed by atoms with van der Waals surface area (Å²) in [4.78, 5) is 29.3. The van der Waals surface area contributed by atoms with Crippen molar-refractivity contribution in [3.05, 3.63) is 72.3 Å². The van der Waals surface area contributed by atoms with Gasteiger partial charge in [-0.25, -0.2) is 19.9 Å². The molecule has 4 aromatic rings. The number of aromatic nitrogens is 5. The first-order chi connectivity index (χ1) is 13.1. The van der Waals surface area contributed by atoms with E-state index >= 15 is 0 Å². The van der Waals surface area contributed by atoms with Crippen molar-refractivity contribution >= 4 is 16.7 Å². The van der Waals surface area contributed by atoms with Gasteiger partial charge in [0.15, 0.2) is 5.78 Å². The number of imidazole rings is 1. The fourth-order valence-corrected chi connectivity index (χ4v) is 2.85. The van der Waals surface area contributed by atoms with Crippen LogP contribution in [0.1, 0.15) is 21.9 Å². The first-order valence-corrected chi connectivity index (χ1v) is 8.26. The summed E-state index contributed by atoms with van der Waals surface area (Å²) in [5.41, 5.74) is 3.37. The monoisotopic (exact) mass is 354 g/mol. The highest BCUT2D eigenvalue weighted by Crippen LogP contribution is 2.22. The highest BCUT2D eigenvalue weighted by molar-refractivity contribution is 5.97. The quantitative estimate of drug-likeness (QED) is 0.523. The van der Waals surface area contributed by atoms with E-state index in [9.17, 15) is 4.79 Å². The Bertz CT molecular complexity index is 1200. The minimum atomic E-state index is -0.156. The average Bonchev–Trinajstić information content (AvgIpc) is 3.13. The van der Waals surface area contributed by atoms with E-state index in [1.807, 2.05) is 35.9 Å². The normalized spacial score (nSPS) is 10.7. The van der Waals surface area contributed by atoms with Gasteiger partial charge in [-0.05, 0) is 18.2 Å². The van der Waals surface area contributed by atoms with Crippen molar-refractivity contribution in [2.45, 2.75) is 6.42 Å². The Kier molecular flexibility index (Phi) is 4.15. The minimum absolute atomic E-state index is 0.0563. The first-order valence-electron chi connectivity index (χ1n) is 8.26. The van der Waals surface area contributed by atoms with Crippen molar-refractivity contribution in [2.75, 3.05) is 0 Å². The highest BCUT2D eigenvalue weighted by Gasteiger charge is 2.12. The molecule has 0 saturated carbocycles. The lowest BCUT2D eigenvalue weighted by molar-refractivity contribution is 0.0990. The van der Waals surface area contributed by atoms with Crippen LogP contribution in [0.25, 0.3) is 22.2 Å². The van der Waals surface area contributed by atoms with Gasteiger partial charge < -0.3 is 4.57 Å². The summed E-state index contributed by atoms with van der Waals surface area (Å²) in [5, 5.41) is 9.82. The second-order valence-electron chi connectivity index (χ2n) is 6.09. The van der Waals surface area contributed by atoms with E-state index in [1.54, 1.807) is 24.8 Å². The molecule has 3 heterocycles. The Balaban J connectivity index is 1.65. The molecular weight excluding hydrogens is 340 g/mol. The fraction of sp³-hybridized carbons (Fsp3) is 0.100. The van der Waals surface area contributed by atoms with Gasteiger partial charge in [0.2, 0.25) is 0 Å². The average molecular weight is 354 g/mol. The molecule has 0 unspecified atom stereocenters. The molecule has 0 amide bonds. The van der Waals surface area contributed by atoms with Crippen LogP contribution in [0.4, 0.5) is 0 Å². The number of rotatable bonds is 4. The van der Waals surface area contributed by atoms with E-state index in [4.69, 9.17) is 5.26 Å². The predicted octanol–water partition coefficient (Wildman–Crippen LogP) is 2.72. The number of benzene rings is 1. The van der Waals surface area contributed by atoms with Gasteiger partial charge in [-0.15, -0.1) is 0 Å². The van der Waals surface area contributed by atoms with Crippen LogP contribution in [-0.4, -0.2) is 30.3 Å². The van der Waals surface area contributed by atoms with Crippen LogP contribution in [0.3, 0.4) is 0 Å². The van der Waals surface area contributed by atoms with Crippen molar-refractivity contribution < 1.29 is 4.79 Å². The topological polar surface area (TPSA) is 97.4 Å². The van der Waals surface area contributed by atoms with Gasteiger partial charge in [-0.2, -0.15) is 5.26 Å². The van der Waals surface area contributed by atoms with Crippen molar-refractivity contribution in [3.8, 4) is 17.3 Å². The second kappa shape index (κ2) is 6.77. The summed E-state index contributed by atoms with van der Waals surface area (Å²) in [6.07, 6.45) is 6.76. The molecule has 0 aliphatic heterocycles. The highest BCUT2D eigenvalue weighted by atomic mass is 16.1. The SMILES string of the molecule is Cn1cncc1-c1ccc2cnc(CC(=O)c3ccnc(C#N)c3)nc2c1. The van der Waals surface area contributed by atoms with Crippen molar-refractivity contribution in [2.24, 2.45) is 7.05 Å². The Morgan fingerprint density at radius 1 is 1.19 bits per heavy atom. The molecule has 130 valence electrons. The van der Waals surface area contributed by atoms with Gasteiger partial charge in [0.05, 0.1) is 30.2 Å². The standard InChI is InChI=1S/C20H14N6O/c1-26-12-22-11-18(26)13-2-3-15-10-24-20(25-17(15)7-13)8-19(27)14-4-5-23-16(6-14)9-21/h2-7,10-12H,8H2,1H3. The zero-order valence-corrected chi connectivity index (χ0v) is 14.5. The predicted molar refractivity (Wildman–Crippen MR) is 98.7 cm³/mol. The number of hydrogen-bond donors (Lipinski definition) is 0. The number of Topliss-reactive ketones (excluding diaryl/α,β-unsaturated/α-hetero) is 1. The Hall–Kier alpha value is -3.92. The van der Waals surface area contributed by atoms with E-state index < -0.39 is 0 Å². The van der Waals surface area contributed by atoms with Gasteiger partial charge in [-0.3, -0.25) is 4.79 Å². The van der Waals surface area contributed by atoms with Gasteiger partial charge in [0.25, 0.3) is 0 Å². The second-order valence-corrected chi connectivity index (χ2v) is 6.09. The third-order valence-electron chi connectivity index (χ3n) is 4.26. The van der Waals surface area contributed by atoms with Gasteiger partial charge in [0.1, 0.15) is 17.6 Å². The maximum Gasteiger partial charge on any atom is 0.170 e. The number of pyridine rings is 1. The van der Waals surface area contributed by atoms with Crippen molar-refractivity contribution in [3.63, 3.8) is 0 Å². The molecular formula is C20H14N6O. The molecule has 0 saturated heterocycles. The molecule has 3 aromatic heterocycles. The van der Waals surface area contributed by atoms with E-state index in [1.165, 1.54) is 12.3 Å². The smallest absolute Gasteiger partial charge is 0.170 e. The van der Waals surface area contributed by atoms with E-state index in [2.05, 4.69) is 19.9 Å². The summed E-state index contributed by atoms with van der Waals surface area (Å²) in [6.45, 7) is 0. The lowest BCUT2D eigenvalue weighted by atomic mass is 10.1. The Morgan fingerprint density at radius 2 is 2.07 bits per heavy atom. The molecule has 4 rings (SSSR count). The first kappa shape index (κ1) is 16.5. The maximum atomic E-state index is 12.5. The minimum Gasteiger partial charge on any atom is -0.334 e. The maximum absolute atomic E-state index is 12.5. The molecule has 27 heavy (non-hydrogen) atoms. The van der Waals surface area contributed by atoms with Crippen LogP contribution in [0.5, 0.6) is 0 Å².